The molecule has 9 nitrogen and oxygen atoms in total. The average Bonchev–Trinajstić information content (AvgIpc) is 3.31. The number of halogens is 1. The van der Waals surface area contributed by atoms with E-state index in [2.05, 4.69) is 25.4 Å². The first-order chi connectivity index (χ1) is 15.1. The number of amides is 1. The van der Waals surface area contributed by atoms with Crippen LogP contribution < -0.4 is 5.32 Å². The van der Waals surface area contributed by atoms with E-state index < -0.39 is 18.5 Å². The van der Waals surface area contributed by atoms with Crippen LogP contribution in [-0.4, -0.2) is 49.0 Å². The first-order valence-corrected chi connectivity index (χ1v) is 10.4. The zero-order valence-electron chi connectivity index (χ0n) is 15.9. The van der Waals surface area contributed by atoms with E-state index in [4.69, 9.17) is 16.3 Å². The third-order valence-electron chi connectivity index (χ3n) is 4.03. The summed E-state index contributed by atoms with van der Waals surface area (Å²) in [7, 11) is 0. The minimum Gasteiger partial charge on any atom is -0.455 e. The highest BCUT2D eigenvalue weighted by molar-refractivity contribution is 7.99. The third-order valence-corrected chi connectivity index (χ3v) is 5.13. The van der Waals surface area contributed by atoms with Gasteiger partial charge in [0.2, 0.25) is 0 Å². The molecule has 2 heterocycles. The van der Waals surface area contributed by atoms with E-state index in [1.807, 2.05) is 24.3 Å². The highest BCUT2D eigenvalue weighted by Crippen LogP contribution is 2.24. The van der Waals surface area contributed by atoms with Gasteiger partial charge in [0.25, 0.3) is 5.91 Å². The lowest BCUT2D eigenvalue weighted by Gasteiger charge is -2.11. The largest absolute Gasteiger partial charge is 0.455 e. The van der Waals surface area contributed by atoms with E-state index in [9.17, 15) is 9.59 Å². The van der Waals surface area contributed by atoms with E-state index in [-0.39, 0.29) is 5.75 Å². The van der Waals surface area contributed by atoms with Crippen molar-refractivity contribution in [1.29, 1.82) is 0 Å². The number of anilines is 1. The van der Waals surface area contributed by atoms with Crippen molar-refractivity contribution >= 4 is 52.0 Å². The Hall–Kier alpha value is -3.50. The summed E-state index contributed by atoms with van der Waals surface area (Å²) in [6.07, 6.45) is 4.46. The first-order valence-electron chi connectivity index (χ1n) is 9.03. The summed E-state index contributed by atoms with van der Waals surface area (Å²) < 4.78 is 6.54. The van der Waals surface area contributed by atoms with Gasteiger partial charge in [0.15, 0.2) is 6.61 Å². The van der Waals surface area contributed by atoms with Crippen LogP contribution in [0, 0.1) is 0 Å². The summed E-state index contributed by atoms with van der Waals surface area (Å²) in [5.41, 5.74) is 2.51. The van der Waals surface area contributed by atoms with E-state index in [1.54, 1.807) is 24.4 Å². The lowest BCUT2D eigenvalue weighted by atomic mass is 10.2. The summed E-state index contributed by atoms with van der Waals surface area (Å²) >= 11 is 7.22. The number of rotatable bonds is 7. The van der Waals surface area contributed by atoms with Crippen molar-refractivity contribution in [3.63, 3.8) is 0 Å². The predicted octanol–water partition coefficient (Wildman–Crippen LogP) is 3.14. The Balaban J connectivity index is 1.30. The molecular weight excluding hydrogens is 440 g/mol. The monoisotopic (exact) mass is 454 g/mol. The molecule has 0 aliphatic heterocycles. The predicted molar refractivity (Wildman–Crippen MR) is 116 cm³/mol. The maximum atomic E-state index is 12.3. The fraction of sp³-hybridized carbons (Fsp3) is 0.100. The molecule has 2 aromatic carbocycles. The highest BCUT2D eigenvalue weighted by atomic mass is 35.5. The molecule has 0 spiro atoms. The molecule has 1 amide bonds. The van der Waals surface area contributed by atoms with E-state index in [1.165, 1.54) is 29.1 Å². The van der Waals surface area contributed by atoms with Crippen LogP contribution in [0.3, 0.4) is 0 Å². The third kappa shape index (κ3) is 5.36. The van der Waals surface area contributed by atoms with Crippen molar-refractivity contribution < 1.29 is 14.3 Å². The van der Waals surface area contributed by atoms with Gasteiger partial charge in [-0.15, -0.1) is 0 Å². The smallest absolute Gasteiger partial charge is 0.316 e. The number of fused-ring (bicyclic) bond motifs is 1. The molecule has 0 saturated carbocycles. The maximum Gasteiger partial charge on any atom is 0.316 e. The molecule has 4 rings (SSSR count). The topological polar surface area (TPSA) is 112 Å². The zero-order chi connectivity index (χ0) is 21.6. The highest BCUT2D eigenvalue weighted by Gasteiger charge is 2.13. The van der Waals surface area contributed by atoms with Crippen LogP contribution in [0.5, 0.6) is 0 Å². The van der Waals surface area contributed by atoms with Gasteiger partial charge in [0.05, 0.1) is 34.4 Å². The van der Waals surface area contributed by atoms with Crippen molar-refractivity contribution in [3.05, 3.63) is 66.3 Å². The van der Waals surface area contributed by atoms with E-state index in [0.29, 0.717) is 21.4 Å². The fourth-order valence-corrected chi connectivity index (χ4v) is 3.47. The van der Waals surface area contributed by atoms with Gasteiger partial charge in [-0.25, -0.2) is 14.6 Å². The molecule has 156 valence electrons. The number of hydrogen-bond acceptors (Lipinski definition) is 8. The quantitative estimate of drug-likeness (QED) is 0.335. The summed E-state index contributed by atoms with van der Waals surface area (Å²) in [6, 6.07) is 12.4. The minimum atomic E-state index is -0.544. The molecule has 0 unspecified atom stereocenters. The molecular formula is C20H15ClN6O3S. The van der Waals surface area contributed by atoms with Gasteiger partial charge in [-0.05, 0) is 30.3 Å². The van der Waals surface area contributed by atoms with Crippen molar-refractivity contribution in [2.45, 2.75) is 5.03 Å². The van der Waals surface area contributed by atoms with Gasteiger partial charge in [0.1, 0.15) is 17.7 Å². The van der Waals surface area contributed by atoms with Gasteiger partial charge in [0, 0.05) is 5.02 Å². The van der Waals surface area contributed by atoms with Crippen LogP contribution >= 0.6 is 23.4 Å². The van der Waals surface area contributed by atoms with Gasteiger partial charge in [-0.2, -0.15) is 5.10 Å². The summed E-state index contributed by atoms with van der Waals surface area (Å²) in [5, 5.41) is 7.74. The SMILES string of the molecule is O=C(COC(=O)CSc1cnc2ccccc2n1)Nc1cc(Cl)ccc1-n1cncn1. The Bertz CT molecular complexity index is 1230. The second-order valence-electron chi connectivity index (χ2n) is 6.20. The Morgan fingerprint density at radius 2 is 2.00 bits per heavy atom. The number of benzene rings is 2. The van der Waals surface area contributed by atoms with Crippen molar-refractivity contribution in [2.75, 3.05) is 17.7 Å². The number of nitrogens with zero attached hydrogens (tertiary/aromatic N) is 5. The number of thioether (sulfide) groups is 1. The fourth-order valence-electron chi connectivity index (χ4n) is 2.66. The van der Waals surface area contributed by atoms with Crippen molar-refractivity contribution in [2.24, 2.45) is 0 Å². The number of nitrogens with one attached hydrogen (secondary N) is 1. The zero-order valence-corrected chi connectivity index (χ0v) is 17.5. The summed E-state index contributed by atoms with van der Waals surface area (Å²) in [6.45, 7) is -0.438. The first kappa shape index (κ1) is 20.8. The molecule has 0 aliphatic rings. The van der Waals surface area contributed by atoms with Crippen LogP contribution in [0.1, 0.15) is 0 Å². The van der Waals surface area contributed by atoms with Gasteiger partial charge in [-0.1, -0.05) is 35.5 Å². The Morgan fingerprint density at radius 1 is 1.16 bits per heavy atom. The van der Waals surface area contributed by atoms with E-state index in [0.717, 1.165) is 11.0 Å². The molecule has 0 bridgehead atoms. The Kier molecular flexibility index (Phi) is 6.39. The molecule has 0 aliphatic carbocycles. The summed E-state index contributed by atoms with van der Waals surface area (Å²) in [5.74, 6) is -1.05. The number of carbonyl (C=O) groups is 2. The molecule has 2 aromatic heterocycles. The molecule has 1 N–H and O–H groups in total. The number of carbonyl (C=O) groups excluding carboxylic acids is 2. The van der Waals surface area contributed by atoms with Crippen LogP contribution in [0.4, 0.5) is 5.69 Å². The van der Waals surface area contributed by atoms with Gasteiger partial charge >= 0.3 is 5.97 Å². The van der Waals surface area contributed by atoms with Crippen LogP contribution in [0.25, 0.3) is 16.7 Å². The van der Waals surface area contributed by atoms with Crippen molar-refractivity contribution in [1.82, 2.24) is 24.7 Å². The Morgan fingerprint density at radius 3 is 2.81 bits per heavy atom. The lowest BCUT2D eigenvalue weighted by Crippen LogP contribution is -2.22. The van der Waals surface area contributed by atoms with Crippen LogP contribution in [-0.2, 0) is 14.3 Å². The Labute approximate surface area is 185 Å². The summed E-state index contributed by atoms with van der Waals surface area (Å²) in [4.78, 5) is 36.9. The second-order valence-corrected chi connectivity index (χ2v) is 7.63. The number of ether oxygens (including phenoxy) is 1. The van der Waals surface area contributed by atoms with Crippen molar-refractivity contribution in [3.8, 4) is 5.69 Å². The van der Waals surface area contributed by atoms with Gasteiger partial charge in [-0.3, -0.25) is 14.6 Å². The molecule has 0 fully saturated rings. The maximum absolute atomic E-state index is 12.3. The average molecular weight is 455 g/mol. The number of para-hydroxylation sites is 2. The van der Waals surface area contributed by atoms with Crippen LogP contribution in [0.2, 0.25) is 5.02 Å². The molecule has 0 atom stereocenters. The standard InChI is InChI=1S/C20H15ClN6O3S/c21-13-5-6-17(27-12-22-11-24-27)16(7-13)25-18(28)9-30-20(29)10-31-19-8-23-14-3-1-2-4-15(14)26-19/h1-8,11-12H,9-10H2,(H,25,28). The number of hydrogen-bond donors (Lipinski definition) is 1. The normalized spacial score (nSPS) is 10.7. The van der Waals surface area contributed by atoms with E-state index >= 15 is 0 Å². The van der Waals surface area contributed by atoms with Crippen LogP contribution in [0.15, 0.2) is 66.3 Å². The molecule has 31 heavy (non-hydrogen) atoms. The van der Waals surface area contributed by atoms with Gasteiger partial charge < -0.3 is 10.1 Å². The molecule has 0 saturated heterocycles. The number of esters is 1. The second kappa shape index (κ2) is 9.54. The lowest BCUT2D eigenvalue weighted by molar-refractivity contribution is -0.144. The number of aromatic nitrogens is 5. The molecule has 4 aromatic rings. The minimum absolute atomic E-state index is 0.00166. The molecule has 11 heteroatoms. The molecule has 0 radical (unpaired) electrons.